The predicted octanol–water partition coefficient (Wildman–Crippen LogP) is 7.12. The van der Waals surface area contributed by atoms with Gasteiger partial charge in [-0.1, -0.05) is 51.8 Å². The van der Waals surface area contributed by atoms with Crippen molar-refractivity contribution in [2.45, 2.75) is 105 Å². The number of ketones is 1. The molecule has 174 valence electrons. The molecule has 0 heterocycles. The monoisotopic (exact) mass is 426 g/mol. The number of aliphatic hydroxyl groups excluding tert-OH is 1. The number of carbonyl (C=O) groups excluding carboxylic acids is 1. The number of allylic oxidation sites excluding steroid dienone is 3. The van der Waals surface area contributed by atoms with Gasteiger partial charge in [-0.15, -0.1) is 0 Å². The molecule has 1 N–H and O–H groups in total. The van der Waals surface area contributed by atoms with Gasteiger partial charge in [0, 0.05) is 5.92 Å². The van der Waals surface area contributed by atoms with Gasteiger partial charge in [-0.2, -0.15) is 0 Å². The minimum Gasteiger partial charge on any atom is -0.393 e. The second-order valence-electron chi connectivity index (χ2n) is 12.4. The number of carbonyl (C=O) groups is 1. The SMILES string of the molecule is CC=C(CC[C@@H](C)[C@H]1CC[C@H]2[C@@H]3C(=O)C=C4C[C@@H](O)CC[C@]4(C)[C@H]3CC[C@]12C)C(C)C. The van der Waals surface area contributed by atoms with Crippen LogP contribution in [0.2, 0.25) is 0 Å². The fraction of sp³-hybridized carbons (Fsp3) is 0.828. The zero-order chi connectivity index (χ0) is 22.6. The number of hydrogen-bond donors (Lipinski definition) is 1. The van der Waals surface area contributed by atoms with Crippen LogP contribution in [0.25, 0.3) is 0 Å². The zero-order valence-corrected chi connectivity index (χ0v) is 20.9. The molecule has 0 aromatic heterocycles. The van der Waals surface area contributed by atoms with Crippen LogP contribution < -0.4 is 0 Å². The van der Waals surface area contributed by atoms with E-state index in [1.165, 1.54) is 44.1 Å². The van der Waals surface area contributed by atoms with Crippen LogP contribution in [0.15, 0.2) is 23.3 Å². The molecule has 4 aliphatic carbocycles. The standard InChI is InChI=1S/C29H46O2/c1-7-20(18(2)3)9-8-19(4)23-10-11-24-27-25(13-15-29(23,24)6)28(5)14-12-22(30)16-21(28)17-26(27)31/h7,17-19,22-25,27,30H,8-16H2,1-6H3/t19-,22+,23-,24+,25+,27+,28+,29-/m1/s1. The third-order valence-electron chi connectivity index (χ3n) is 10.7. The highest BCUT2D eigenvalue weighted by Gasteiger charge is 2.61. The van der Waals surface area contributed by atoms with Crippen molar-refractivity contribution < 1.29 is 9.90 Å². The van der Waals surface area contributed by atoms with Crippen molar-refractivity contribution in [3.05, 3.63) is 23.3 Å². The van der Waals surface area contributed by atoms with Crippen LogP contribution in [-0.2, 0) is 4.79 Å². The molecule has 0 saturated heterocycles. The molecular formula is C29H46O2. The van der Waals surface area contributed by atoms with E-state index in [0.29, 0.717) is 29.0 Å². The average molecular weight is 427 g/mol. The topological polar surface area (TPSA) is 37.3 Å². The average Bonchev–Trinajstić information content (AvgIpc) is 3.06. The minimum atomic E-state index is -0.248. The van der Waals surface area contributed by atoms with Crippen molar-refractivity contribution >= 4 is 5.78 Å². The van der Waals surface area contributed by atoms with E-state index in [0.717, 1.165) is 31.1 Å². The predicted molar refractivity (Wildman–Crippen MR) is 129 cm³/mol. The van der Waals surface area contributed by atoms with Gasteiger partial charge in [-0.25, -0.2) is 0 Å². The molecule has 31 heavy (non-hydrogen) atoms. The molecule has 0 unspecified atom stereocenters. The van der Waals surface area contributed by atoms with Crippen LogP contribution >= 0.6 is 0 Å². The largest absolute Gasteiger partial charge is 0.393 e. The lowest BCUT2D eigenvalue weighted by atomic mass is 9.46. The van der Waals surface area contributed by atoms with Crippen molar-refractivity contribution in [1.29, 1.82) is 0 Å². The highest BCUT2D eigenvalue weighted by atomic mass is 16.3. The number of fused-ring (bicyclic) bond motifs is 5. The van der Waals surface area contributed by atoms with Gasteiger partial charge in [-0.05, 0) is 111 Å². The van der Waals surface area contributed by atoms with Crippen molar-refractivity contribution in [3.8, 4) is 0 Å². The van der Waals surface area contributed by atoms with Gasteiger partial charge in [0.15, 0.2) is 5.78 Å². The zero-order valence-electron chi connectivity index (χ0n) is 20.9. The molecule has 3 fully saturated rings. The summed E-state index contributed by atoms with van der Waals surface area (Å²) in [6.45, 7) is 14.3. The molecule has 2 nitrogen and oxygen atoms in total. The van der Waals surface area contributed by atoms with E-state index >= 15 is 0 Å². The fourth-order valence-electron chi connectivity index (χ4n) is 8.72. The van der Waals surface area contributed by atoms with E-state index < -0.39 is 0 Å². The van der Waals surface area contributed by atoms with Crippen molar-refractivity contribution in [3.63, 3.8) is 0 Å². The Morgan fingerprint density at radius 3 is 2.55 bits per heavy atom. The Kier molecular flexibility index (Phi) is 6.36. The Labute approximate surface area is 191 Å². The van der Waals surface area contributed by atoms with Gasteiger partial charge in [0.05, 0.1) is 6.10 Å². The highest BCUT2D eigenvalue weighted by Crippen LogP contribution is 2.66. The lowest BCUT2D eigenvalue weighted by Crippen LogP contribution is -2.53. The third kappa shape index (κ3) is 3.79. The van der Waals surface area contributed by atoms with E-state index in [2.05, 4.69) is 47.6 Å². The minimum absolute atomic E-state index is 0.140. The van der Waals surface area contributed by atoms with Crippen molar-refractivity contribution in [2.24, 2.45) is 46.3 Å². The highest BCUT2D eigenvalue weighted by molar-refractivity contribution is 5.94. The molecule has 3 saturated carbocycles. The lowest BCUT2D eigenvalue weighted by molar-refractivity contribution is -0.135. The van der Waals surface area contributed by atoms with E-state index in [4.69, 9.17) is 0 Å². The summed E-state index contributed by atoms with van der Waals surface area (Å²) in [6, 6.07) is 0. The lowest BCUT2D eigenvalue weighted by Gasteiger charge is -2.57. The van der Waals surface area contributed by atoms with Gasteiger partial charge in [-0.3, -0.25) is 4.79 Å². The summed E-state index contributed by atoms with van der Waals surface area (Å²) < 4.78 is 0. The Bertz CT molecular complexity index is 761. The molecule has 0 aromatic carbocycles. The molecule has 0 spiro atoms. The molecule has 0 amide bonds. The van der Waals surface area contributed by atoms with Gasteiger partial charge < -0.3 is 5.11 Å². The van der Waals surface area contributed by atoms with Crippen molar-refractivity contribution in [1.82, 2.24) is 0 Å². The quantitative estimate of drug-likeness (QED) is 0.475. The molecule has 0 radical (unpaired) electrons. The smallest absolute Gasteiger partial charge is 0.159 e. The maximum absolute atomic E-state index is 13.5. The first-order valence-corrected chi connectivity index (χ1v) is 13.2. The number of rotatable bonds is 5. The first kappa shape index (κ1) is 23.3. The van der Waals surface area contributed by atoms with Gasteiger partial charge in [0.1, 0.15) is 0 Å². The summed E-state index contributed by atoms with van der Waals surface area (Å²) >= 11 is 0. The Hall–Kier alpha value is -0.890. The summed E-state index contributed by atoms with van der Waals surface area (Å²) in [4.78, 5) is 13.5. The first-order chi connectivity index (χ1) is 14.6. The normalized spacial score (nSPS) is 43.9. The molecular weight excluding hydrogens is 380 g/mol. The molecule has 4 aliphatic rings. The second-order valence-corrected chi connectivity index (χ2v) is 12.4. The van der Waals surface area contributed by atoms with E-state index in [-0.39, 0.29) is 17.4 Å². The Morgan fingerprint density at radius 1 is 1.13 bits per heavy atom. The van der Waals surface area contributed by atoms with Crippen LogP contribution in [0, 0.1) is 46.3 Å². The Balaban J connectivity index is 1.54. The summed E-state index contributed by atoms with van der Waals surface area (Å²) in [7, 11) is 0. The summed E-state index contributed by atoms with van der Waals surface area (Å²) in [5, 5.41) is 10.2. The molecule has 0 bridgehead atoms. The van der Waals surface area contributed by atoms with Gasteiger partial charge in [0.2, 0.25) is 0 Å². The number of aliphatic hydroxyl groups is 1. The van der Waals surface area contributed by atoms with Crippen LogP contribution in [0.5, 0.6) is 0 Å². The van der Waals surface area contributed by atoms with Crippen molar-refractivity contribution in [2.75, 3.05) is 0 Å². The van der Waals surface area contributed by atoms with Gasteiger partial charge in [0.25, 0.3) is 0 Å². The second kappa shape index (κ2) is 8.47. The molecule has 4 rings (SSSR count). The fourth-order valence-corrected chi connectivity index (χ4v) is 8.72. The van der Waals surface area contributed by atoms with E-state index in [1.807, 2.05) is 6.08 Å². The molecule has 8 atom stereocenters. The van der Waals surface area contributed by atoms with Crippen LogP contribution in [0.4, 0.5) is 0 Å². The van der Waals surface area contributed by atoms with E-state index in [9.17, 15) is 9.90 Å². The Morgan fingerprint density at radius 2 is 1.87 bits per heavy atom. The summed E-state index contributed by atoms with van der Waals surface area (Å²) in [5.41, 5.74) is 3.32. The first-order valence-electron chi connectivity index (χ1n) is 13.2. The molecule has 2 heteroatoms. The van der Waals surface area contributed by atoms with Crippen LogP contribution in [0.3, 0.4) is 0 Å². The molecule has 0 aromatic rings. The third-order valence-corrected chi connectivity index (χ3v) is 10.7. The van der Waals surface area contributed by atoms with E-state index in [1.54, 1.807) is 5.57 Å². The maximum atomic E-state index is 13.5. The molecule has 0 aliphatic heterocycles. The van der Waals surface area contributed by atoms with Crippen LogP contribution in [-0.4, -0.2) is 17.0 Å². The summed E-state index contributed by atoms with van der Waals surface area (Å²) in [6.07, 6.45) is 14.3. The summed E-state index contributed by atoms with van der Waals surface area (Å²) in [5.74, 6) is 3.80. The van der Waals surface area contributed by atoms with Crippen LogP contribution in [0.1, 0.15) is 99.3 Å². The maximum Gasteiger partial charge on any atom is 0.159 e. The number of hydrogen-bond acceptors (Lipinski definition) is 2. The van der Waals surface area contributed by atoms with Gasteiger partial charge >= 0.3 is 0 Å².